The van der Waals surface area contributed by atoms with E-state index in [0.717, 1.165) is 0 Å². The van der Waals surface area contributed by atoms with Crippen molar-refractivity contribution in [3.8, 4) is 0 Å². The normalized spacial score (nSPS) is 30.1. The highest BCUT2D eigenvalue weighted by molar-refractivity contribution is 5.92. The van der Waals surface area contributed by atoms with Gasteiger partial charge in [0.2, 0.25) is 5.91 Å². The fourth-order valence-corrected chi connectivity index (χ4v) is 3.48. The molecule has 2 atom stereocenters. The van der Waals surface area contributed by atoms with Gasteiger partial charge in [-0.1, -0.05) is 6.07 Å². The summed E-state index contributed by atoms with van der Waals surface area (Å²) < 4.78 is 28.1. The standard InChI is InChI=1S/C15H17F2N3O2/c16-15(17)8-10(7-14(9-15)4-6-19-13(14)22)20-12(21)11-3-1-2-5-18-11/h1-3,5,10H,4,6-9H2,(H,19,22)(H,20,21)/t10?,14-/m1/s1. The van der Waals surface area contributed by atoms with Crippen molar-refractivity contribution in [2.45, 2.75) is 37.6 Å². The van der Waals surface area contributed by atoms with E-state index in [9.17, 15) is 18.4 Å². The first-order valence-electron chi connectivity index (χ1n) is 7.28. The van der Waals surface area contributed by atoms with E-state index in [1.54, 1.807) is 12.1 Å². The predicted molar refractivity (Wildman–Crippen MR) is 74.3 cm³/mol. The lowest BCUT2D eigenvalue weighted by Crippen LogP contribution is -2.51. The van der Waals surface area contributed by atoms with Crippen molar-refractivity contribution in [1.82, 2.24) is 15.6 Å². The van der Waals surface area contributed by atoms with Crippen molar-refractivity contribution in [3.05, 3.63) is 30.1 Å². The van der Waals surface area contributed by atoms with Crippen molar-refractivity contribution < 1.29 is 18.4 Å². The van der Waals surface area contributed by atoms with Crippen LogP contribution in [0.15, 0.2) is 24.4 Å². The van der Waals surface area contributed by atoms with Crippen molar-refractivity contribution in [2.75, 3.05) is 6.54 Å². The molecule has 2 aliphatic rings. The number of halogens is 2. The number of hydrogen-bond acceptors (Lipinski definition) is 3. The Balaban J connectivity index is 1.76. The number of carbonyl (C=O) groups is 2. The van der Waals surface area contributed by atoms with Gasteiger partial charge in [0, 0.05) is 31.6 Å². The Morgan fingerprint density at radius 2 is 2.18 bits per heavy atom. The van der Waals surface area contributed by atoms with Gasteiger partial charge in [-0.25, -0.2) is 8.78 Å². The molecule has 1 aromatic rings. The molecule has 2 fully saturated rings. The SMILES string of the molecule is O=C(NC1CC(F)(F)C[C@@]2(CCNC2=O)C1)c1ccccn1. The number of nitrogens with one attached hydrogen (secondary N) is 2. The molecular weight excluding hydrogens is 292 g/mol. The summed E-state index contributed by atoms with van der Waals surface area (Å²) in [5, 5.41) is 5.23. The lowest BCUT2D eigenvalue weighted by atomic mass is 9.69. The van der Waals surface area contributed by atoms with Crippen molar-refractivity contribution in [2.24, 2.45) is 5.41 Å². The van der Waals surface area contributed by atoms with Gasteiger partial charge in [0.1, 0.15) is 5.69 Å². The van der Waals surface area contributed by atoms with Gasteiger partial charge in [-0.2, -0.15) is 0 Å². The molecule has 22 heavy (non-hydrogen) atoms. The largest absolute Gasteiger partial charge is 0.356 e. The van der Waals surface area contributed by atoms with Crippen molar-refractivity contribution >= 4 is 11.8 Å². The zero-order valence-electron chi connectivity index (χ0n) is 11.9. The molecule has 2 amide bonds. The van der Waals surface area contributed by atoms with Crippen LogP contribution in [0, 0.1) is 5.41 Å². The highest BCUT2D eigenvalue weighted by Crippen LogP contribution is 2.48. The van der Waals surface area contributed by atoms with Crippen LogP contribution in [0.25, 0.3) is 0 Å². The number of alkyl halides is 2. The highest BCUT2D eigenvalue weighted by atomic mass is 19.3. The van der Waals surface area contributed by atoms with Crippen molar-refractivity contribution in [1.29, 1.82) is 0 Å². The molecule has 1 aliphatic carbocycles. The fourth-order valence-electron chi connectivity index (χ4n) is 3.48. The van der Waals surface area contributed by atoms with E-state index >= 15 is 0 Å². The molecule has 0 bridgehead atoms. The van der Waals surface area contributed by atoms with Gasteiger partial charge < -0.3 is 10.6 Å². The van der Waals surface area contributed by atoms with Gasteiger partial charge in [0.25, 0.3) is 11.8 Å². The molecule has 1 aliphatic heterocycles. The van der Waals surface area contributed by atoms with Crippen LogP contribution in [0.4, 0.5) is 8.78 Å². The maximum absolute atomic E-state index is 14.0. The minimum atomic E-state index is -2.96. The third-order valence-corrected chi connectivity index (χ3v) is 4.38. The van der Waals surface area contributed by atoms with Crippen LogP contribution in [0.3, 0.4) is 0 Å². The highest BCUT2D eigenvalue weighted by Gasteiger charge is 2.55. The summed E-state index contributed by atoms with van der Waals surface area (Å²) >= 11 is 0. The molecule has 1 unspecified atom stereocenters. The van der Waals surface area contributed by atoms with E-state index in [0.29, 0.717) is 13.0 Å². The minimum absolute atomic E-state index is 0.182. The lowest BCUT2D eigenvalue weighted by Gasteiger charge is -2.40. The minimum Gasteiger partial charge on any atom is -0.356 e. The second kappa shape index (κ2) is 5.30. The van der Waals surface area contributed by atoms with Crippen LogP contribution < -0.4 is 10.6 Å². The zero-order valence-corrected chi connectivity index (χ0v) is 11.9. The maximum Gasteiger partial charge on any atom is 0.270 e. The van der Waals surface area contributed by atoms with E-state index < -0.39 is 36.1 Å². The van der Waals surface area contributed by atoms with Crippen LogP contribution in [0.1, 0.15) is 36.2 Å². The van der Waals surface area contributed by atoms with Crippen LogP contribution >= 0.6 is 0 Å². The first-order valence-corrected chi connectivity index (χ1v) is 7.28. The smallest absolute Gasteiger partial charge is 0.270 e. The van der Waals surface area contributed by atoms with E-state index in [4.69, 9.17) is 0 Å². The summed E-state index contributed by atoms with van der Waals surface area (Å²) in [6, 6.07) is 4.11. The van der Waals surface area contributed by atoms with Crippen molar-refractivity contribution in [3.63, 3.8) is 0 Å². The second-order valence-corrected chi connectivity index (χ2v) is 6.11. The summed E-state index contributed by atoms with van der Waals surface area (Å²) in [4.78, 5) is 28.0. The first kappa shape index (κ1) is 14.9. The van der Waals surface area contributed by atoms with Gasteiger partial charge >= 0.3 is 0 Å². The number of nitrogens with zero attached hydrogens (tertiary/aromatic N) is 1. The zero-order chi connectivity index (χ0) is 15.8. The molecular formula is C15H17F2N3O2. The van der Waals surface area contributed by atoms with Crippen LogP contribution in [0.5, 0.6) is 0 Å². The number of amides is 2. The first-order chi connectivity index (χ1) is 10.4. The predicted octanol–water partition coefficient (Wildman–Crippen LogP) is 1.51. The topological polar surface area (TPSA) is 71.1 Å². The van der Waals surface area contributed by atoms with E-state index in [1.165, 1.54) is 12.3 Å². The number of carbonyl (C=O) groups excluding carboxylic acids is 2. The summed E-state index contributed by atoms with van der Waals surface area (Å²) in [7, 11) is 0. The van der Waals surface area contributed by atoms with E-state index in [2.05, 4.69) is 15.6 Å². The second-order valence-electron chi connectivity index (χ2n) is 6.11. The molecule has 0 aromatic carbocycles. The Morgan fingerprint density at radius 1 is 1.36 bits per heavy atom. The number of pyridine rings is 1. The average molecular weight is 309 g/mol. The Labute approximate surface area is 126 Å². The average Bonchev–Trinajstić information content (AvgIpc) is 2.78. The van der Waals surface area contributed by atoms with E-state index in [-0.39, 0.29) is 18.0 Å². The molecule has 0 radical (unpaired) electrons. The van der Waals surface area contributed by atoms with Gasteiger partial charge in [-0.15, -0.1) is 0 Å². The molecule has 118 valence electrons. The number of hydrogen-bond donors (Lipinski definition) is 2. The molecule has 1 spiro atoms. The summed E-state index contributed by atoms with van der Waals surface area (Å²) in [5.41, 5.74) is -0.884. The number of aromatic nitrogens is 1. The molecule has 7 heteroatoms. The summed E-state index contributed by atoms with van der Waals surface area (Å²) in [5.74, 6) is -3.78. The third kappa shape index (κ3) is 2.80. The Morgan fingerprint density at radius 3 is 2.82 bits per heavy atom. The maximum atomic E-state index is 14.0. The van der Waals surface area contributed by atoms with Gasteiger partial charge in [0.15, 0.2) is 0 Å². The Bertz CT molecular complexity index is 594. The van der Waals surface area contributed by atoms with E-state index in [1.807, 2.05) is 0 Å². The summed E-state index contributed by atoms with van der Waals surface area (Å²) in [6.07, 6.45) is 1.21. The number of rotatable bonds is 2. The van der Waals surface area contributed by atoms with Crippen LogP contribution in [-0.4, -0.2) is 35.3 Å². The molecule has 1 aromatic heterocycles. The quantitative estimate of drug-likeness (QED) is 0.870. The Kier molecular flexibility index (Phi) is 3.58. The monoisotopic (exact) mass is 309 g/mol. The fraction of sp³-hybridized carbons (Fsp3) is 0.533. The van der Waals surface area contributed by atoms with Crippen LogP contribution in [-0.2, 0) is 4.79 Å². The third-order valence-electron chi connectivity index (χ3n) is 4.38. The molecule has 3 rings (SSSR count). The molecule has 2 N–H and O–H groups in total. The molecule has 1 saturated heterocycles. The van der Waals surface area contributed by atoms with Gasteiger partial charge in [0.05, 0.1) is 5.41 Å². The molecule has 5 nitrogen and oxygen atoms in total. The lowest BCUT2D eigenvalue weighted by molar-refractivity contribution is -0.142. The summed E-state index contributed by atoms with van der Waals surface area (Å²) in [6.45, 7) is 0.413. The Hall–Kier alpha value is -2.05. The molecule has 1 saturated carbocycles. The van der Waals surface area contributed by atoms with Crippen LogP contribution in [0.2, 0.25) is 0 Å². The molecule has 2 heterocycles. The van der Waals surface area contributed by atoms with Gasteiger partial charge in [-0.05, 0) is 25.0 Å². The van der Waals surface area contributed by atoms with Gasteiger partial charge in [-0.3, -0.25) is 14.6 Å².